The number of hydrogen-bond acceptors (Lipinski definition) is 2. The van der Waals surface area contributed by atoms with Crippen LogP contribution in [0.2, 0.25) is 0 Å². The van der Waals surface area contributed by atoms with Crippen molar-refractivity contribution in [2.24, 2.45) is 0 Å². The van der Waals surface area contributed by atoms with Crippen LogP contribution in [0.1, 0.15) is 32.8 Å². The molecule has 0 saturated carbocycles. The molecule has 0 heterocycles. The van der Waals surface area contributed by atoms with Gasteiger partial charge in [0.05, 0.1) is 12.5 Å². The second-order valence-electron chi connectivity index (χ2n) is 4.63. The second-order valence-corrected chi connectivity index (χ2v) is 4.63. The van der Waals surface area contributed by atoms with Crippen LogP contribution in [-0.2, 0) is 5.41 Å². The fourth-order valence-electron chi connectivity index (χ4n) is 1.54. The molecular weight excluding hydrogens is 184 g/mol. The topological polar surface area (TPSA) is 35.8 Å². The van der Waals surface area contributed by atoms with Crippen LogP contribution in [0.25, 0.3) is 0 Å². The standard InChI is InChI=1S/C13H18N2/c1-13(2,3)11-7-4-5-8-12(11)15-10-6-9-14/h4-5,7-8,15H,6,10H2,1-3H3. The Morgan fingerprint density at radius 2 is 1.93 bits per heavy atom. The Bertz CT molecular complexity index is 356. The third-order valence-corrected chi connectivity index (χ3v) is 2.29. The van der Waals surface area contributed by atoms with Gasteiger partial charge in [0.15, 0.2) is 0 Å². The zero-order valence-electron chi connectivity index (χ0n) is 9.67. The number of nitrogens with zero attached hydrogens (tertiary/aromatic N) is 1. The predicted octanol–water partition coefficient (Wildman–Crippen LogP) is 3.31. The van der Waals surface area contributed by atoms with Crippen LogP contribution in [0.3, 0.4) is 0 Å². The van der Waals surface area contributed by atoms with Gasteiger partial charge < -0.3 is 5.32 Å². The molecule has 0 bridgehead atoms. The van der Waals surface area contributed by atoms with E-state index < -0.39 is 0 Å². The lowest BCUT2D eigenvalue weighted by Crippen LogP contribution is -2.15. The van der Waals surface area contributed by atoms with E-state index >= 15 is 0 Å². The highest BCUT2D eigenvalue weighted by Gasteiger charge is 2.16. The molecule has 1 rings (SSSR count). The summed E-state index contributed by atoms with van der Waals surface area (Å²) in [5, 5.41) is 11.8. The summed E-state index contributed by atoms with van der Waals surface area (Å²) in [6.07, 6.45) is 0.540. The van der Waals surface area contributed by atoms with Crippen molar-refractivity contribution >= 4 is 5.69 Å². The predicted molar refractivity (Wildman–Crippen MR) is 63.9 cm³/mol. The first kappa shape index (κ1) is 11.6. The maximum Gasteiger partial charge on any atom is 0.0640 e. The average molecular weight is 202 g/mol. The van der Waals surface area contributed by atoms with Gasteiger partial charge in [-0.05, 0) is 17.0 Å². The molecule has 0 amide bonds. The lowest BCUT2D eigenvalue weighted by atomic mass is 9.86. The van der Waals surface area contributed by atoms with Crippen LogP contribution in [-0.4, -0.2) is 6.54 Å². The van der Waals surface area contributed by atoms with Gasteiger partial charge in [-0.3, -0.25) is 0 Å². The SMILES string of the molecule is CC(C)(C)c1ccccc1NCCC#N. The van der Waals surface area contributed by atoms with E-state index in [1.165, 1.54) is 5.56 Å². The Labute approximate surface area is 91.9 Å². The fraction of sp³-hybridized carbons (Fsp3) is 0.462. The molecule has 0 spiro atoms. The van der Waals surface area contributed by atoms with E-state index in [2.05, 4.69) is 50.4 Å². The maximum absolute atomic E-state index is 8.48. The van der Waals surface area contributed by atoms with Gasteiger partial charge in [0.2, 0.25) is 0 Å². The van der Waals surface area contributed by atoms with E-state index in [0.29, 0.717) is 13.0 Å². The summed E-state index contributed by atoms with van der Waals surface area (Å²) in [6.45, 7) is 7.29. The van der Waals surface area contributed by atoms with E-state index in [1.807, 2.05) is 6.07 Å². The molecule has 0 aliphatic rings. The molecule has 0 aromatic heterocycles. The average Bonchev–Trinajstić information content (AvgIpc) is 2.17. The first-order valence-electron chi connectivity index (χ1n) is 5.26. The summed E-state index contributed by atoms with van der Waals surface area (Å²) < 4.78 is 0. The zero-order valence-corrected chi connectivity index (χ0v) is 9.67. The first-order chi connectivity index (χ1) is 7.05. The molecule has 1 N–H and O–H groups in total. The minimum Gasteiger partial charge on any atom is -0.384 e. The van der Waals surface area contributed by atoms with Crippen LogP contribution in [0, 0.1) is 11.3 Å². The number of benzene rings is 1. The Balaban J connectivity index is 2.83. The minimum atomic E-state index is 0.135. The molecule has 1 aromatic carbocycles. The van der Waals surface area contributed by atoms with Crippen molar-refractivity contribution in [3.63, 3.8) is 0 Å². The Kier molecular flexibility index (Phi) is 3.74. The van der Waals surface area contributed by atoms with E-state index in [4.69, 9.17) is 5.26 Å². The molecule has 0 saturated heterocycles. The van der Waals surface area contributed by atoms with Crippen molar-refractivity contribution in [2.45, 2.75) is 32.6 Å². The van der Waals surface area contributed by atoms with Gasteiger partial charge in [0, 0.05) is 12.2 Å². The number of anilines is 1. The Hall–Kier alpha value is -1.49. The first-order valence-corrected chi connectivity index (χ1v) is 5.26. The molecule has 0 aliphatic carbocycles. The number of para-hydroxylation sites is 1. The van der Waals surface area contributed by atoms with Crippen molar-refractivity contribution in [3.05, 3.63) is 29.8 Å². The maximum atomic E-state index is 8.48. The molecular formula is C13H18N2. The van der Waals surface area contributed by atoms with Crippen LogP contribution in [0.15, 0.2) is 24.3 Å². The summed E-state index contributed by atoms with van der Waals surface area (Å²) in [5.74, 6) is 0. The highest BCUT2D eigenvalue weighted by Crippen LogP contribution is 2.28. The highest BCUT2D eigenvalue weighted by atomic mass is 14.9. The monoisotopic (exact) mass is 202 g/mol. The van der Waals surface area contributed by atoms with Crippen LogP contribution in [0.4, 0.5) is 5.69 Å². The van der Waals surface area contributed by atoms with Crippen LogP contribution >= 0.6 is 0 Å². The zero-order chi connectivity index (χ0) is 11.3. The quantitative estimate of drug-likeness (QED) is 0.763. The third-order valence-electron chi connectivity index (χ3n) is 2.29. The van der Waals surface area contributed by atoms with Gasteiger partial charge >= 0.3 is 0 Å². The van der Waals surface area contributed by atoms with Crippen molar-refractivity contribution < 1.29 is 0 Å². The molecule has 80 valence electrons. The van der Waals surface area contributed by atoms with Gasteiger partial charge in [-0.1, -0.05) is 39.0 Å². The number of nitrogens with one attached hydrogen (secondary N) is 1. The van der Waals surface area contributed by atoms with Gasteiger partial charge in [0.1, 0.15) is 0 Å². The largest absolute Gasteiger partial charge is 0.384 e. The Morgan fingerprint density at radius 3 is 2.53 bits per heavy atom. The third kappa shape index (κ3) is 3.28. The molecule has 2 nitrogen and oxygen atoms in total. The van der Waals surface area contributed by atoms with E-state index in [9.17, 15) is 0 Å². The summed E-state index contributed by atoms with van der Waals surface area (Å²) in [7, 11) is 0. The Morgan fingerprint density at radius 1 is 1.27 bits per heavy atom. The van der Waals surface area contributed by atoms with Crippen molar-refractivity contribution in [3.8, 4) is 6.07 Å². The molecule has 1 aromatic rings. The summed E-state index contributed by atoms with van der Waals surface area (Å²) in [4.78, 5) is 0. The summed E-state index contributed by atoms with van der Waals surface area (Å²) in [6, 6.07) is 10.4. The number of rotatable bonds is 3. The van der Waals surface area contributed by atoms with Gasteiger partial charge in [-0.2, -0.15) is 5.26 Å². The van der Waals surface area contributed by atoms with Crippen molar-refractivity contribution in [2.75, 3.05) is 11.9 Å². The van der Waals surface area contributed by atoms with Gasteiger partial charge in [-0.25, -0.2) is 0 Å². The minimum absolute atomic E-state index is 0.135. The van der Waals surface area contributed by atoms with E-state index in [0.717, 1.165) is 5.69 Å². The van der Waals surface area contributed by atoms with Crippen molar-refractivity contribution in [1.29, 1.82) is 5.26 Å². The van der Waals surface area contributed by atoms with Gasteiger partial charge in [-0.15, -0.1) is 0 Å². The lowest BCUT2D eigenvalue weighted by molar-refractivity contribution is 0.591. The molecule has 2 heteroatoms. The lowest BCUT2D eigenvalue weighted by Gasteiger charge is -2.23. The molecule has 0 atom stereocenters. The smallest absolute Gasteiger partial charge is 0.0640 e. The second kappa shape index (κ2) is 4.84. The van der Waals surface area contributed by atoms with Crippen LogP contribution < -0.4 is 5.32 Å². The molecule has 0 aliphatic heterocycles. The number of nitriles is 1. The normalized spacial score (nSPS) is 10.8. The summed E-state index contributed by atoms with van der Waals surface area (Å²) in [5.41, 5.74) is 2.57. The summed E-state index contributed by atoms with van der Waals surface area (Å²) >= 11 is 0. The molecule has 0 unspecified atom stereocenters. The molecule has 0 radical (unpaired) electrons. The van der Waals surface area contributed by atoms with Crippen molar-refractivity contribution in [1.82, 2.24) is 0 Å². The highest BCUT2D eigenvalue weighted by molar-refractivity contribution is 5.54. The number of hydrogen-bond donors (Lipinski definition) is 1. The molecule has 0 fully saturated rings. The van der Waals surface area contributed by atoms with Gasteiger partial charge in [0.25, 0.3) is 0 Å². The fourth-order valence-corrected chi connectivity index (χ4v) is 1.54. The van der Waals surface area contributed by atoms with E-state index in [-0.39, 0.29) is 5.41 Å². The molecule has 15 heavy (non-hydrogen) atoms. The van der Waals surface area contributed by atoms with E-state index in [1.54, 1.807) is 0 Å². The van der Waals surface area contributed by atoms with Crippen LogP contribution in [0.5, 0.6) is 0 Å².